The van der Waals surface area contributed by atoms with Crippen LogP contribution in [0, 0.1) is 6.92 Å². The van der Waals surface area contributed by atoms with E-state index in [9.17, 15) is 4.79 Å². The predicted octanol–water partition coefficient (Wildman–Crippen LogP) is 1.26. The van der Waals surface area contributed by atoms with Gasteiger partial charge in [-0.25, -0.2) is 4.98 Å². The minimum atomic E-state index is -0.427. The molecule has 0 aromatic carbocycles. The van der Waals surface area contributed by atoms with Gasteiger partial charge in [0.05, 0.1) is 13.3 Å². The zero-order chi connectivity index (χ0) is 9.14. The molecule has 1 aromatic rings. The van der Waals surface area contributed by atoms with Crippen molar-refractivity contribution in [1.82, 2.24) is 4.98 Å². The zero-order valence-corrected chi connectivity index (χ0v) is 7.33. The van der Waals surface area contributed by atoms with Crippen LogP contribution in [-0.2, 0) is 9.53 Å². The highest BCUT2D eigenvalue weighted by Gasteiger charge is 2.20. The van der Waals surface area contributed by atoms with Crippen molar-refractivity contribution in [3.8, 4) is 0 Å². The Morgan fingerprint density at radius 2 is 2.42 bits per heavy atom. The van der Waals surface area contributed by atoms with E-state index in [-0.39, 0.29) is 5.97 Å². The normalized spacial score (nSPS) is 12.6. The maximum absolute atomic E-state index is 11.0. The maximum atomic E-state index is 11.0. The Hall–Kier alpha value is -1.32. The van der Waals surface area contributed by atoms with Gasteiger partial charge >= 0.3 is 5.97 Å². The Kier molecular flexibility index (Phi) is 2.47. The molecular weight excluding hydrogens is 158 g/mol. The summed E-state index contributed by atoms with van der Waals surface area (Å²) in [6, 6.07) is 0. The molecular formula is C8H11NO3. The summed E-state index contributed by atoms with van der Waals surface area (Å²) in [5, 5.41) is 0. The van der Waals surface area contributed by atoms with E-state index in [1.54, 1.807) is 20.0 Å². The first-order valence-electron chi connectivity index (χ1n) is 3.65. The lowest BCUT2D eigenvalue weighted by Crippen LogP contribution is -2.10. The number of carbonyl (C=O) groups is 1. The number of aromatic nitrogens is 1. The van der Waals surface area contributed by atoms with Crippen molar-refractivity contribution >= 4 is 5.97 Å². The molecule has 0 aliphatic carbocycles. The van der Waals surface area contributed by atoms with E-state index >= 15 is 0 Å². The van der Waals surface area contributed by atoms with Crippen molar-refractivity contribution in [2.45, 2.75) is 19.8 Å². The largest absolute Gasteiger partial charge is 0.468 e. The Morgan fingerprint density at radius 1 is 1.75 bits per heavy atom. The minimum absolute atomic E-state index is 0.336. The van der Waals surface area contributed by atoms with Gasteiger partial charge in [-0.2, -0.15) is 0 Å². The molecule has 0 aliphatic heterocycles. The molecule has 1 aromatic heterocycles. The molecule has 12 heavy (non-hydrogen) atoms. The molecule has 0 bridgehead atoms. The third-order valence-corrected chi connectivity index (χ3v) is 1.56. The molecule has 0 N–H and O–H groups in total. The van der Waals surface area contributed by atoms with Gasteiger partial charge < -0.3 is 9.15 Å². The van der Waals surface area contributed by atoms with Crippen LogP contribution in [0.25, 0.3) is 0 Å². The fraction of sp³-hybridized carbons (Fsp3) is 0.500. The molecule has 0 spiro atoms. The predicted molar refractivity (Wildman–Crippen MR) is 41.7 cm³/mol. The monoisotopic (exact) mass is 169 g/mol. The average molecular weight is 169 g/mol. The SMILES string of the molecule is COC(=O)C(C)c1ncc(C)o1. The number of hydrogen-bond donors (Lipinski definition) is 0. The molecule has 66 valence electrons. The van der Waals surface area contributed by atoms with Crippen LogP contribution in [0.5, 0.6) is 0 Å². The number of ether oxygens (including phenoxy) is 1. The van der Waals surface area contributed by atoms with Crippen LogP contribution in [0.4, 0.5) is 0 Å². The first-order chi connectivity index (χ1) is 5.65. The maximum Gasteiger partial charge on any atom is 0.317 e. The number of carbonyl (C=O) groups excluding carboxylic acids is 1. The first-order valence-corrected chi connectivity index (χ1v) is 3.65. The highest BCUT2D eigenvalue weighted by Crippen LogP contribution is 2.15. The van der Waals surface area contributed by atoms with Gasteiger partial charge in [0.2, 0.25) is 5.89 Å². The number of nitrogens with zero attached hydrogens (tertiary/aromatic N) is 1. The third-order valence-electron chi connectivity index (χ3n) is 1.56. The summed E-state index contributed by atoms with van der Waals surface area (Å²) in [5.74, 6) is 0.334. The van der Waals surface area contributed by atoms with E-state index in [2.05, 4.69) is 9.72 Å². The molecule has 4 heteroatoms. The Morgan fingerprint density at radius 3 is 2.83 bits per heavy atom. The van der Waals surface area contributed by atoms with Crippen LogP contribution in [0.3, 0.4) is 0 Å². The summed E-state index contributed by atoms with van der Waals surface area (Å²) in [4.78, 5) is 14.9. The summed E-state index contributed by atoms with van der Waals surface area (Å²) in [5.41, 5.74) is 0. The molecule has 4 nitrogen and oxygen atoms in total. The number of hydrogen-bond acceptors (Lipinski definition) is 4. The second kappa shape index (κ2) is 3.38. The van der Waals surface area contributed by atoms with Crippen LogP contribution in [-0.4, -0.2) is 18.1 Å². The fourth-order valence-corrected chi connectivity index (χ4v) is 0.850. The third kappa shape index (κ3) is 1.64. The van der Waals surface area contributed by atoms with Crippen molar-refractivity contribution in [1.29, 1.82) is 0 Å². The summed E-state index contributed by atoms with van der Waals surface area (Å²) in [6.07, 6.45) is 1.58. The number of oxazole rings is 1. The highest BCUT2D eigenvalue weighted by molar-refractivity contribution is 5.76. The van der Waals surface area contributed by atoms with E-state index in [4.69, 9.17) is 4.42 Å². The van der Waals surface area contributed by atoms with Gasteiger partial charge in [0, 0.05) is 0 Å². The van der Waals surface area contributed by atoms with Crippen molar-refractivity contribution in [3.05, 3.63) is 17.8 Å². The van der Waals surface area contributed by atoms with Crippen LogP contribution < -0.4 is 0 Å². The topological polar surface area (TPSA) is 52.3 Å². The molecule has 0 radical (unpaired) electrons. The number of aryl methyl sites for hydroxylation is 1. The van der Waals surface area contributed by atoms with Gasteiger partial charge in [-0.1, -0.05) is 0 Å². The Balaban J connectivity index is 2.77. The van der Waals surface area contributed by atoms with Gasteiger partial charge in [-0.15, -0.1) is 0 Å². The minimum Gasteiger partial charge on any atom is -0.468 e. The second-order valence-corrected chi connectivity index (χ2v) is 2.55. The van der Waals surface area contributed by atoms with Gasteiger partial charge in [0.1, 0.15) is 11.7 Å². The highest BCUT2D eigenvalue weighted by atomic mass is 16.5. The Bertz CT molecular complexity index is 280. The number of rotatable bonds is 2. The molecule has 0 aliphatic rings. The summed E-state index contributed by atoms with van der Waals surface area (Å²) < 4.78 is 9.69. The summed E-state index contributed by atoms with van der Waals surface area (Å²) >= 11 is 0. The number of esters is 1. The molecule has 0 saturated carbocycles. The van der Waals surface area contributed by atoms with Crippen molar-refractivity contribution in [2.75, 3.05) is 7.11 Å². The second-order valence-electron chi connectivity index (χ2n) is 2.55. The van der Waals surface area contributed by atoms with Crippen LogP contribution in [0.1, 0.15) is 24.5 Å². The fourth-order valence-electron chi connectivity index (χ4n) is 0.850. The first kappa shape index (κ1) is 8.77. The van der Waals surface area contributed by atoms with E-state index in [1.165, 1.54) is 7.11 Å². The average Bonchev–Trinajstić information content (AvgIpc) is 2.49. The van der Waals surface area contributed by atoms with Crippen LogP contribution in [0.2, 0.25) is 0 Å². The van der Waals surface area contributed by atoms with Crippen molar-refractivity contribution in [3.63, 3.8) is 0 Å². The standard InChI is InChI=1S/C8H11NO3/c1-5-4-9-7(12-5)6(2)8(10)11-3/h4,6H,1-3H3. The molecule has 1 heterocycles. The molecule has 0 fully saturated rings. The zero-order valence-electron chi connectivity index (χ0n) is 7.33. The number of methoxy groups -OCH3 is 1. The smallest absolute Gasteiger partial charge is 0.317 e. The quantitative estimate of drug-likeness (QED) is 0.625. The van der Waals surface area contributed by atoms with Gasteiger partial charge in [0.15, 0.2) is 0 Å². The lowest BCUT2D eigenvalue weighted by atomic mass is 10.2. The molecule has 0 amide bonds. The van der Waals surface area contributed by atoms with Gasteiger partial charge in [0.25, 0.3) is 0 Å². The lowest BCUT2D eigenvalue weighted by molar-refractivity contribution is -0.142. The summed E-state index contributed by atoms with van der Waals surface area (Å²) in [7, 11) is 1.34. The van der Waals surface area contributed by atoms with Gasteiger partial charge in [-0.3, -0.25) is 4.79 Å². The van der Waals surface area contributed by atoms with Crippen LogP contribution >= 0.6 is 0 Å². The van der Waals surface area contributed by atoms with Crippen molar-refractivity contribution in [2.24, 2.45) is 0 Å². The van der Waals surface area contributed by atoms with Crippen LogP contribution in [0.15, 0.2) is 10.6 Å². The van der Waals surface area contributed by atoms with E-state index in [0.29, 0.717) is 11.7 Å². The summed E-state index contributed by atoms with van der Waals surface area (Å²) in [6.45, 7) is 3.47. The molecule has 1 rings (SSSR count). The van der Waals surface area contributed by atoms with E-state index < -0.39 is 5.92 Å². The molecule has 0 saturated heterocycles. The van der Waals surface area contributed by atoms with Crippen molar-refractivity contribution < 1.29 is 13.9 Å². The van der Waals surface area contributed by atoms with E-state index in [0.717, 1.165) is 0 Å². The molecule has 1 atom stereocenters. The van der Waals surface area contributed by atoms with Gasteiger partial charge in [-0.05, 0) is 13.8 Å². The lowest BCUT2D eigenvalue weighted by Gasteiger charge is -2.03. The molecule has 1 unspecified atom stereocenters. The Labute approximate surface area is 70.5 Å². The van der Waals surface area contributed by atoms with E-state index in [1.807, 2.05) is 0 Å².